The molecule has 0 aromatic carbocycles. The Kier molecular flexibility index (Phi) is 5.08. The molecule has 18 heavy (non-hydrogen) atoms. The van der Waals surface area contributed by atoms with E-state index in [-0.39, 0.29) is 16.5 Å². The molecule has 0 unspecified atom stereocenters. The molecule has 6 heteroatoms. The smallest absolute Gasteiger partial charge is 0.270 e. The van der Waals surface area contributed by atoms with Gasteiger partial charge in [0.1, 0.15) is 10.8 Å². The monoisotopic (exact) mass is 291 g/mol. The second kappa shape index (κ2) is 5.95. The Hall–Kier alpha value is -0.710. The molecule has 0 atom stereocenters. The van der Waals surface area contributed by atoms with Crippen molar-refractivity contribution >= 4 is 29.1 Å². The number of nitrogens with zero attached hydrogens (tertiary/aromatic N) is 1. The molecule has 0 fully saturated rings. The Bertz CT molecular complexity index is 409. The van der Waals surface area contributed by atoms with E-state index in [0.29, 0.717) is 30.4 Å². The summed E-state index contributed by atoms with van der Waals surface area (Å²) in [4.78, 5) is 16.8. The van der Waals surface area contributed by atoms with Crippen molar-refractivity contribution in [3.63, 3.8) is 0 Å². The second-order valence-corrected chi connectivity index (χ2v) is 5.82. The molecule has 0 radical (unpaired) electrons. The van der Waals surface area contributed by atoms with E-state index in [1.807, 2.05) is 20.8 Å². The van der Waals surface area contributed by atoms with Crippen molar-refractivity contribution < 1.29 is 4.79 Å². The minimum absolute atomic E-state index is 0.118. The van der Waals surface area contributed by atoms with Crippen LogP contribution < -0.4 is 5.73 Å². The molecule has 102 valence electrons. The van der Waals surface area contributed by atoms with Crippen molar-refractivity contribution in [1.29, 1.82) is 0 Å². The van der Waals surface area contributed by atoms with Gasteiger partial charge in [-0.1, -0.05) is 37.0 Å². The second-order valence-electron chi connectivity index (χ2n) is 5.03. The van der Waals surface area contributed by atoms with Gasteiger partial charge in [-0.25, -0.2) is 0 Å². The van der Waals surface area contributed by atoms with Gasteiger partial charge in [0.15, 0.2) is 0 Å². The molecule has 1 aromatic rings. The first kappa shape index (κ1) is 15.3. The predicted octanol–water partition coefficient (Wildman–Crippen LogP) is 2.77. The summed E-state index contributed by atoms with van der Waals surface area (Å²) < 4.78 is 0. The molecule has 1 heterocycles. The number of rotatable bonds is 5. The zero-order valence-corrected chi connectivity index (χ0v) is 12.4. The first-order chi connectivity index (χ1) is 8.30. The first-order valence-corrected chi connectivity index (χ1v) is 6.59. The summed E-state index contributed by atoms with van der Waals surface area (Å²) in [5.74, 6) is -0.118. The molecule has 3 N–H and O–H groups in total. The van der Waals surface area contributed by atoms with Crippen LogP contribution >= 0.6 is 23.2 Å². The highest BCUT2D eigenvalue weighted by atomic mass is 35.5. The van der Waals surface area contributed by atoms with E-state index >= 15 is 0 Å². The molecular weight excluding hydrogens is 273 g/mol. The van der Waals surface area contributed by atoms with E-state index in [2.05, 4.69) is 4.98 Å². The number of aromatic nitrogens is 1. The van der Waals surface area contributed by atoms with Gasteiger partial charge in [-0.3, -0.25) is 4.79 Å². The van der Waals surface area contributed by atoms with Crippen LogP contribution in [0.1, 0.15) is 31.3 Å². The van der Waals surface area contributed by atoms with Crippen molar-refractivity contribution in [1.82, 2.24) is 9.88 Å². The van der Waals surface area contributed by atoms with Gasteiger partial charge in [-0.05, 0) is 24.9 Å². The lowest BCUT2D eigenvalue weighted by molar-refractivity contribution is 0.0695. The van der Waals surface area contributed by atoms with Crippen LogP contribution in [0.5, 0.6) is 0 Å². The standard InChI is InChI=1S/C12H19Cl2N3O/c1-4-17(7-12(2,3)6-15)11(18)9-5-8(13)10(14)16-9/h5,16H,4,6-7,15H2,1-3H3. The van der Waals surface area contributed by atoms with Crippen molar-refractivity contribution in [3.05, 3.63) is 21.9 Å². The maximum Gasteiger partial charge on any atom is 0.270 e. The molecular formula is C12H19Cl2N3O. The average molecular weight is 292 g/mol. The minimum atomic E-state index is -0.119. The summed E-state index contributed by atoms with van der Waals surface area (Å²) in [6.45, 7) is 7.69. The van der Waals surface area contributed by atoms with E-state index in [1.54, 1.807) is 11.0 Å². The van der Waals surface area contributed by atoms with E-state index < -0.39 is 0 Å². The van der Waals surface area contributed by atoms with Crippen LogP contribution in [0, 0.1) is 5.41 Å². The SMILES string of the molecule is CCN(CC(C)(C)CN)C(=O)c1cc(Cl)c(Cl)[nH]1. The van der Waals surface area contributed by atoms with Crippen molar-refractivity contribution in [2.75, 3.05) is 19.6 Å². The van der Waals surface area contributed by atoms with Crippen LogP contribution in [0.4, 0.5) is 0 Å². The number of amides is 1. The van der Waals surface area contributed by atoms with Crippen LogP contribution in [-0.4, -0.2) is 35.4 Å². The molecule has 0 spiro atoms. The summed E-state index contributed by atoms with van der Waals surface area (Å²) in [5.41, 5.74) is 5.97. The number of nitrogens with one attached hydrogen (secondary N) is 1. The number of halogens is 2. The summed E-state index contributed by atoms with van der Waals surface area (Å²) in [5, 5.41) is 0.642. The maximum atomic E-state index is 12.3. The Balaban J connectivity index is 2.86. The zero-order valence-electron chi connectivity index (χ0n) is 10.9. The van der Waals surface area contributed by atoms with Gasteiger partial charge in [-0.2, -0.15) is 0 Å². The Morgan fingerprint density at radius 1 is 1.50 bits per heavy atom. The number of carbonyl (C=O) groups is 1. The highest BCUT2D eigenvalue weighted by Gasteiger charge is 2.24. The van der Waals surface area contributed by atoms with Crippen molar-refractivity contribution in [2.24, 2.45) is 11.1 Å². The molecule has 0 saturated heterocycles. The van der Waals surface area contributed by atoms with E-state index in [0.717, 1.165) is 0 Å². The first-order valence-electron chi connectivity index (χ1n) is 5.84. The number of nitrogens with two attached hydrogens (primary N) is 1. The van der Waals surface area contributed by atoms with E-state index in [4.69, 9.17) is 28.9 Å². The number of hydrogen-bond acceptors (Lipinski definition) is 2. The molecule has 1 rings (SSSR count). The third-order valence-electron chi connectivity index (χ3n) is 2.80. The van der Waals surface area contributed by atoms with Crippen LogP contribution in [0.15, 0.2) is 6.07 Å². The molecule has 0 aliphatic carbocycles. The number of H-pyrrole nitrogens is 1. The summed E-state index contributed by atoms with van der Waals surface area (Å²) in [7, 11) is 0. The fourth-order valence-electron chi connectivity index (χ4n) is 1.60. The third-order valence-corrected chi connectivity index (χ3v) is 3.49. The third kappa shape index (κ3) is 3.64. The van der Waals surface area contributed by atoms with Gasteiger partial charge in [0, 0.05) is 13.1 Å². The lowest BCUT2D eigenvalue weighted by Crippen LogP contribution is -2.42. The van der Waals surface area contributed by atoms with Crippen LogP contribution in [0.2, 0.25) is 10.2 Å². The van der Waals surface area contributed by atoms with Crippen molar-refractivity contribution in [3.8, 4) is 0 Å². The number of hydrogen-bond donors (Lipinski definition) is 2. The maximum absolute atomic E-state index is 12.3. The summed E-state index contributed by atoms with van der Waals surface area (Å²) >= 11 is 11.6. The van der Waals surface area contributed by atoms with Gasteiger partial charge in [0.05, 0.1) is 5.02 Å². The fourth-order valence-corrected chi connectivity index (χ4v) is 1.91. The molecule has 0 aliphatic rings. The van der Waals surface area contributed by atoms with Crippen LogP contribution in [0.3, 0.4) is 0 Å². The number of aromatic amines is 1. The van der Waals surface area contributed by atoms with Gasteiger partial charge < -0.3 is 15.6 Å². The zero-order chi connectivity index (χ0) is 13.9. The topological polar surface area (TPSA) is 62.1 Å². The minimum Gasteiger partial charge on any atom is -0.340 e. The van der Waals surface area contributed by atoms with Gasteiger partial charge in [0.25, 0.3) is 5.91 Å². The lowest BCUT2D eigenvalue weighted by atomic mass is 9.93. The Labute approximate surface area is 117 Å². The molecule has 0 bridgehead atoms. The fraction of sp³-hybridized carbons (Fsp3) is 0.583. The van der Waals surface area contributed by atoms with Crippen LogP contribution in [0.25, 0.3) is 0 Å². The van der Waals surface area contributed by atoms with Crippen LogP contribution in [-0.2, 0) is 0 Å². The van der Waals surface area contributed by atoms with Gasteiger partial charge >= 0.3 is 0 Å². The molecule has 1 aromatic heterocycles. The average Bonchev–Trinajstić information content (AvgIpc) is 2.66. The largest absolute Gasteiger partial charge is 0.340 e. The highest BCUT2D eigenvalue weighted by molar-refractivity contribution is 6.41. The summed E-state index contributed by atoms with van der Waals surface area (Å²) in [6.07, 6.45) is 0. The molecule has 4 nitrogen and oxygen atoms in total. The molecule has 0 aliphatic heterocycles. The summed E-state index contributed by atoms with van der Waals surface area (Å²) in [6, 6.07) is 1.55. The lowest BCUT2D eigenvalue weighted by Gasteiger charge is -2.30. The normalized spacial score (nSPS) is 11.7. The van der Waals surface area contributed by atoms with Gasteiger partial charge in [-0.15, -0.1) is 0 Å². The Morgan fingerprint density at radius 3 is 2.50 bits per heavy atom. The van der Waals surface area contributed by atoms with E-state index in [1.165, 1.54) is 0 Å². The van der Waals surface area contributed by atoms with Gasteiger partial charge in [0.2, 0.25) is 0 Å². The molecule has 0 saturated carbocycles. The predicted molar refractivity (Wildman–Crippen MR) is 75.2 cm³/mol. The highest BCUT2D eigenvalue weighted by Crippen LogP contribution is 2.23. The number of carbonyl (C=O) groups excluding carboxylic acids is 1. The van der Waals surface area contributed by atoms with E-state index in [9.17, 15) is 4.79 Å². The van der Waals surface area contributed by atoms with Crippen molar-refractivity contribution in [2.45, 2.75) is 20.8 Å². The quantitative estimate of drug-likeness (QED) is 0.876. The molecule has 1 amide bonds. The Morgan fingerprint density at radius 2 is 2.11 bits per heavy atom.